The Hall–Kier alpha value is -2.21. The van der Waals surface area contributed by atoms with Crippen molar-refractivity contribution in [1.29, 1.82) is 5.26 Å². The summed E-state index contributed by atoms with van der Waals surface area (Å²) in [6.45, 7) is 2.34. The molecule has 4 rings (SSSR count). The van der Waals surface area contributed by atoms with E-state index in [4.69, 9.17) is 23.2 Å². The Balaban J connectivity index is 2.15. The summed E-state index contributed by atoms with van der Waals surface area (Å²) in [6.07, 6.45) is -4.68. The van der Waals surface area contributed by atoms with Crippen LogP contribution >= 0.6 is 23.2 Å². The number of benzene rings is 1. The lowest BCUT2D eigenvalue weighted by atomic mass is 10.1. The third-order valence-electron chi connectivity index (χ3n) is 4.55. The van der Waals surface area contributed by atoms with E-state index in [2.05, 4.69) is 10.3 Å². The first-order valence-electron chi connectivity index (χ1n) is 8.08. The Morgan fingerprint density at radius 1 is 1.11 bits per heavy atom. The molecule has 1 aromatic carbocycles. The minimum Gasteiger partial charge on any atom is -0.355 e. The second-order valence-electron chi connectivity index (χ2n) is 6.16. The summed E-state index contributed by atoms with van der Waals surface area (Å²) in [6, 6.07) is 5.72. The summed E-state index contributed by atoms with van der Waals surface area (Å²) in [7, 11) is 0. The molecule has 2 aromatic heterocycles. The Kier molecular flexibility index (Phi) is 4.34. The Labute approximate surface area is 161 Å². The highest BCUT2D eigenvalue weighted by atomic mass is 35.5. The van der Waals surface area contributed by atoms with Gasteiger partial charge in [0.1, 0.15) is 17.5 Å². The average Bonchev–Trinajstić information content (AvgIpc) is 2.99. The first-order valence-corrected chi connectivity index (χ1v) is 8.84. The molecule has 1 aliphatic heterocycles. The van der Waals surface area contributed by atoms with Crippen LogP contribution in [0.1, 0.15) is 11.1 Å². The highest BCUT2D eigenvalue weighted by molar-refractivity contribution is 6.42. The summed E-state index contributed by atoms with van der Waals surface area (Å²) in [5.41, 5.74) is -0.715. The first-order chi connectivity index (χ1) is 12.8. The molecule has 0 amide bonds. The lowest BCUT2D eigenvalue weighted by molar-refractivity contribution is -0.137. The minimum absolute atomic E-state index is 0.0609. The molecule has 140 valence electrons. The lowest BCUT2D eigenvalue weighted by Crippen LogP contribution is -2.44. The van der Waals surface area contributed by atoms with Gasteiger partial charge >= 0.3 is 6.18 Å². The molecule has 1 saturated heterocycles. The van der Waals surface area contributed by atoms with Gasteiger partial charge in [0.25, 0.3) is 0 Å². The summed E-state index contributed by atoms with van der Waals surface area (Å²) in [5.74, 6) is 0.318. The zero-order valence-electron chi connectivity index (χ0n) is 13.7. The van der Waals surface area contributed by atoms with Crippen LogP contribution in [0.3, 0.4) is 0 Å². The van der Waals surface area contributed by atoms with Crippen LogP contribution < -0.4 is 10.2 Å². The van der Waals surface area contributed by atoms with Crippen molar-refractivity contribution >= 4 is 45.7 Å². The fourth-order valence-electron chi connectivity index (χ4n) is 3.32. The van der Waals surface area contributed by atoms with Gasteiger partial charge in [0, 0.05) is 26.2 Å². The molecule has 0 atom stereocenters. The molecule has 10 heteroatoms. The van der Waals surface area contributed by atoms with Crippen LogP contribution in [0.5, 0.6) is 0 Å². The number of imidazole rings is 1. The molecule has 0 bridgehead atoms. The topological polar surface area (TPSA) is 56.4 Å². The second kappa shape index (κ2) is 6.44. The number of anilines is 1. The molecule has 27 heavy (non-hydrogen) atoms. The van der Waals surface area contributed by atoms with E-state index in [1.165, 1.54) is 6.07 Å². The molecule has 0 spiro atoms. The van der Waals surface area contributed by atoms with E-state index in [0.717, 1.165) is 6.07 Å². The predicted octanol–water partition coefficient (Wildman–Crippen LogP) is 4.09. The summed E-state index contributed by atoms with van der Waals surface area (Å²) in [5, 5.41) is 13.1. The molecular formula is C17H12Cl2F3N5. The van der Waals surface area contributed by atoms with E-state index in [1.807, 2.05) is 4.90 Å². The van der Waals surface area contributed by atoms with Crippen LogP contribution in [0.15, 0.2) is 18.2 Å². The number of halogens is 5. The number of nitrogens with zero attached hydrogens (tertiary/aromatic N) is 4. The number of pyridine rings is 1. The molecule has 5 nitrogen and oxygen atoms in total. The van der Waals surface area contributed by atoms with E-state index in [-0.39, 0.29) is 15.7 Å². The molecule has 0 radical (unpaired) electrons. The molecule has 1 fully saturated rings. The first kappa shape index (κ1) is 18.2. The van der Waals surface area contributed by atoms with E-state index < -0.39 is 17.3 Å². The number of piperazine rings is 1. The van der Waals surface area contributed by atoms with Crippen molar-refractivity contribution < 1.29 is 13.2 Å². The van der Waals surface area contributed by atoms with Gasteiger partial charge in [-0.2, -0.15) is 18.4 Å². The Bertz CT molecular complexity index is 1090. The van der Waals surface area contributed by atoms with Gasteiger partial charge in [-0.3, -0.25) is 4.40 Å². The van der Waals surface area contributed by atoms with Crippen LogP contribution in [0.2, 0.25) is 10.0 Å². The monoisotopic (exact) mass is 413 g/mol. The van der Waals surface area contributed by atoms with Crippen molar-refractivity contribution in [2.45, 2.75) is 6.18 Å². The standard InChI is InChI=1S/C17H12Cl2F3N5/c18-11-6-13-14(7-12(11)19)27-15(26-3-1-24-2-4-26)5-10(17(20,21)22)9(8-23)16(27)25-13/h5-7,24H,1-4H2. The van der Waals surface area contributed by atoms with Crippen molar-refractivity contribution in [3.63, 3.8) is 0 Å². The number of fused-ring (bicyclic) bond motifs is 3. The van der Waals surface area contributed by atoms with Gasteiger partial charge in [-0.05, 0) is 18.2 Å². The fraction of sp³-hybridized carbons (Fsp3) is 0.294. The Morgan fingerprint density at radius 2 is 1.78 bits per heavy atom. The maximum Gasteiger partial charge on any atom is 0.417 e. The van der Waals surface area contributed by atoms with E-state index in [1.54, 1.807) is 16.5 Å². The maximum atomic E-state index is 13.6. The Morgan fingerprint density at radius 3 is 2.41 bits per heavy atom. The smallest absolute Gasteiger partial charge is 0.355 e. The third kappa shape index (κ3) is 2.96. The molecule has 1 N–H and O–H groups in total. The number of hydrogen-bond donors (Lipinski definition) is 1. The van der Waals surface area contributed by atoms with Gasteiger partial charge in [0.2, 0.25) is 0 Å². The van der Waals surface area contributed by atoms with Crippen molar-refractivity contribution in [2.24, 2.45) is 0 Å². The quantitative estimate of drug-likeness (QED) is 0.652. The van der Waals surface area contributed by atoms with Crippen LogP contribution in [-0.4, -0.2) is 35.6 Å². The van der Waals surface area contributed by atoms with Crippen LogP contribution in [0, 0.1) is 11.3 Å². The second-order valence-corrected chi connectivity index (χ2v) is 6.98. The number of nitrogens with one attached hydrogen (secondary N) is 1. The van der Waals surface area contributed by atoms with Crippen molar-refractivity contribution in [3.8, 4) is 6.07 Å². The summed E-state index contributed by atoms with van der Waals surface area (Å²) < 4.78 is 42.5. The number of aromatic nitrogens is 2. The minimum atomic E-state index is -4.68. The highest BCUT2D eigenvalue weighted by Crippen LogP contribution is 2.39. The van der Waals surface area contributed by atoms with Gasteiger partial charge in [0.05, 0.1) is 26.6 Å². The molecule has 0 saturated carbocycles. The third-order valence-corrected chi connectivity index (χ3v) is 5.27. The van der Waals surface area contributed by atoms with Crippen LogP contribution in [-0.2, 0) is 6.18 Å². The zero-order valence-corrected chi connectivity index (χ0v) is 15.3. The molecule has 1 aliphatic rings. The van der Waals surface area contributed by atoms with Gasteiger partial charge < -0.3 is 10.2 Å². The summed E-state index contributed by atoms with van der Waals surface area (Å²) >= 11 is 12.2. The normalized spacial score (nSPS) is 15.5. The molecule has 3 aromatic rings. The van der Waals surface area contributed by atoms with Gasteiger partial charge in [-0.1, -0.05) is 23.2 Å². The number of nitriles is 1. The van der Waals surface area contributed by atoms with E-state index in [9.17, 15) is 18.4 Å². The average molecular weight is 414 g/mol. The van der Waals surface area contributed by atoms with Crippen LogP contribution in [0.25, 0.3) is 16.7 Å². The molecule has 0 unspecified atom stereocenters. The van der Waals surface area contributed by atoms with Crippen molar-refractivity contribution in [3.05, 3.63) is 39.4 Å². The predicted molar refractivity (Wildman–Crippen MR) is 97.5 cm³/mol. The highest BCUT2D eigenvalue weighted by Gasteiger charge is 2.37. The van der Waals surface area contributed by atoms with Gasteiger partial charge in [0.15, 0.2) is 5.65 Å². The number of hydrogen-bond acceptors (Lipinski definition) is 4. The lowest BCUT2D eigenvalue weighted by Gasteiger charge is -2.31. The molecule has 0 aliphatic carbocycles. The number of rotatable bonds is 1. The largest absolute Gasteiger partial charge is 0.417 e. The molecule has 3 heterocycles. The van der Waals surface area contributed by atoms with Crippen molar-refractivity contribution in [1.82, 2.24) is 14.7 Å². The fourth-order valence-corrected chi connectivity index (χ4v) is 3.63. The molecular weight excluding hydrogens is 402 g/mol. The van der Waals surface area contributed by atoms with Crippen molar-refractivity contribution in [2.75, 3.05) is 31.1 Å². The SMILES string of the molecule is N#Cc1c(C(F)(F)F)cc(N2CCNCC2)n2c1nc1cc(Cl)c(Cl)cc12. The van der Waals surface area contributed by atoms with Gasteiger partial charge in [-0.15, -0.1) is 0 Å². The van der Waals surface area contributed by atoms with Crippen LogP contribution in [0.4, 0.5) is 19.0 Å². The zero-order chi connectivity index (χ0) is 19.3. The number of alkyl halides is 3. The van der Waals surface area contributed by atoms with E-state index >= 15 is 0 Å². The van der Waals surface area contributed by atoms with E-state index in [0.29, 0.717) is 43.0 Å². The maximum absolute atomic E-state index is 13.6. The van der Waals surface area contributed by atoms with Gasteiger partial charge in [-0.25, -0.2) is 4.98 Å². The summed E-state index contributed by atoms with van der Waals surface area (Å²) in [4.78, 5) is 6.11.